The number of carbonyl (C=O) groups is 1. The van der Waals surface area contributed by atoms with Crippen molar-refractivity contribution >= 4 is 22.7 Å². The summed E-state index contributed by atoms with van der Waals surface area (Å²) in [7, 11) is 0. The highest BCUT2D eigenvalue weighted by Gasteiger charge is 2.11. The molecule has 0 atom stereocenters. The zero-order valence-electron chi connectivity index (χ0n) is 11.8. The van der Waals surface area contributed by atoms with Gasteiger partial charge in [0.2, 0.25) is 0 Å². The molecule has 0 radical (unpaired) electrons. The van der Waals surface area contributed by atoms with Crippen LogP contribution in [0.4, 0.5) is 5.69 Å². The Labute approximate surface area is 122 Å². The van der Waals surface area contributed by atoms with Crippen LogP contribution in [0.1, 0.15) is 36.0 Å². The van der Waals surface area contributed by atoms with E-state index in [1.165, 1.54) is 6.20 Å². The molecule has 21 heavy (non-hydrogen) atoms. The van der Waals surface area contributed by atoms with Crippen molar-refractivity contribution in [1.82, 2.24) is 9.97 Å². The van der Waals surface area contributed by atoms with E-state index in [0.717, 1.165) is 5.52 Å². The highest BCUT2D eigenvalue weighted by atomic mass is 16.3. The molecule has 0 bridgehead atoms. The van der Waals surface area contributed by atoms with Crippen LogP contribution in [-0.4, -0.2) is 15.9 Å². The number of pyridine rings is 1. The van der Waals surface area contributed by atoms with Crippen LogP contribution in [0.5, 0.6) is 0 Å². The Kier molecular flexibility index (Phi) is 3.39. The van der Waals surface area contributed by atoms with Crippen molar-refractivity contribution in [1.29, 1.82) is 0 Å². The first-order valence-corrected chi connectivity index (χ1v) is 6.75. The van der Waals surface area contributed by atoms with Crippen LogP contribution in [0, 0.1) is 0 Å². The summed E-state index contributed by atoms with van der Waals surface area (Å²) in [5.74, 6) is 0.720. The minimum Gasteiger partial charge on any atom is -0.440 e. The van der Waals surface area contributed by atoms with Gasteiger partial charge in [0.05, 0.1) is 5.56 Å². The molecule has 3 rings (SSSR count). The number of carbonyl (C=O) groups excluding carboxylic acids is 1. The van der Waals surface area contributed by atoms with Gasteiger partial charge in [0.25, 0.3) is 5.91 Å². The third-order valence-corrected chi connectivity index (χ3v) is 3.08. The standard InChI is InChI=1S/C16H15N3O2/c1-10(2)16-19-13-6-5-12(8-14(13)21-16)18-15(20)11-4-3-7-17-9-11/h3-10H,1-2H3,(H,18,20). The van der Waals surface area contributed by atoms with Crippen molar-refractivity contribution in [2.45, 2.75) is 19.8 Å². The van der Waals surface area contributed by atoms with Crippen molar-refractivity contribution in [3.63, 3.8) is 0 Å². The second-order valence-corrected chi connectivity index (χ2v) is 5.09. The van der Waals surface area contributed by atoms with Crippen LogP contribution in [-0.2, 0) is 0 Å². The van der Waals surface area contributed by atoms with Crippen molar-refractivity contribution in [3.8, 4) is 0 Å². The van der Waals surface area contributed by atoms with E-state index in [-0.39, 0.29) is 11.8 Å². The molecule has 0 saturated carbocycles. The van der Waals surface area contributed by atoms with Crippen LogP contribution in [0.25, 0.3) is 11.1 Å². The largest absolute Gasteiger partial charge is 0.440 e. The molecule has 106 valence electrons. The molecule has 1 amide bonds. The van der Waals surface area contributed by atoms with Crippen molar-refractivity contribution in [2.75, 3.05) is 5.32 Å². The van der Waals surface area contributed by atoms with Crippen LogP contribution in [0.3, 0.4) is 0 Å². The summed E-state index contributed by atoms with van der Waals surface area (Å²) in [6, 6.07) is 8.87. The van der Waals surface area contributed by atoms with E-state index in [0.29, 0.717) is 22.7 Å². The van der Waals surface area contributed by atoms with Gasteiger partial charge < -0.3 is 9.73 Å². The van der Waals surface area contributed by atoms with Gasteiger partial charge in [0, 0.05) is 30.1 Å². The average molecular weight is 281 g/mol. The Bertz CT molecular complexity index is 779. The van der Waals surface area contributed by atoms with E-state index in [4.69, 9.17) is 4.42 Å². The molecule has 1 aromatic carbocycles. The number of nitrogens with zero attached hydrogens (tertiary/aromatic N) is 2. The molecule has 0 aliphatic heterocycles. The zero-order valence-corrected chi connectivity index (χ0v) is 11.8. The number of hydrogen-bond acceptors (Lipinski definition) is 4. The van der Waals surface area contributed by atoms with Gasteiger partial charge in [0.15, 0.2) is 11.5 Å². The lowest BCUT2D eigenvalue weighted by Gasteiger charge is -2.04. The summed E-state index contributed by atoms with van der Waals surface area (Å²) in [6.07, 6.45) is 3.16. The molecule has 1 N–H and O–H groups in total. The molecular weight excluding hydrogens is 266 g/mol. The number of benzene rings is 1. The lowest BCUT2D eigenvalue weighted by molar-refractivity contribution is 0.102. The van der Waals surface area contributed by atoms with Gasteiger partial charge in [0.1, 0.15) is 5.52 Å². The van der Waals surface area contributed by atoms with Crippen LogP contribution >= 0.6 is 0 Å². The van der Waals surface area contributed by atoms with Gasteiger partial charge >= 0.3 is 0 Å². The molecule has 2 heterocycles. The number of rotatable bonds is 3. The zero-order chi connectivity index (χ0) is 14.8. The van der Waals surface area contributed by atoms with E-state index < -0.39 is 0 Å². The quantitative estimate of drug-likeness (QED) is 0.796. The van der Waals surface area contributed by atoms with Crippen LogP contribution in [0.15, 0.2) is 47.1 Å². The Morgan fingerprint density at radius 1 is 1.29 bits per heavy atom. The Hall–Kier alpha value is -2.69. The first kappa shape index (κ1) is 13.3. The van der Waals surface area contributed by atoms with Gasteiger partial charge in [-0.15, -0.1) is 0 Å². The first-order chi connectivity index (χ1) is 10.1. The summed E-state index contributed by atoms with van der Waals surface area (Å²) >= 11 is 0. The molecule has 2 aromatic heterocycles. The lowest BCUT2D eigenvalue weighted by Crippen LogP contribution is -2.11. The lowest BCUT2D eigenvalue weighted by atomic mass is 10.2. The number of nitrogens with one attached hydrogen (secondary N) is 1. The molecule has 0 saturated heterocycles. The summed E-state index contributed by atoms with van der Waals surface area (Å²) in [5, 5.41) is 2.82. The number of hydrogen-bond donors (Lipinski definition) is 1. The minimum atomic E-state index is -0.203. The Morgan fingerprint density at radius 3 is 2.86 bits per heavy atom. The topological polar surface area (TPSA) is 68.0 Å². The Balaban J connectivity index is 1.86. The second kappa shape index (κ2) is 5.36. The van der Waals surface area contributed by atoms with Gasteiger partial charge in [-0.05, 0) is 24.3 Å². The first-order valence-electron chi connectivity index (χ1n) is 6.75. The fraction of sp³-hybridized carbons (Fsp3) is 0.188. The molecular formula is C16H15N3O2. The van der Waals surface area contributed by atoms with Gasteiger partial charge in [-0.25, -0.2) is 4.98 Å². The number of aromatic nitrogens is 2. The molecule has 5 nitrogen and oxygen atoms in total. The van der Waals surface area contributed by atoms with E-state index >= 15 is 0 Å². The SMILES string of the molecule is CC(C)c1nc2ccc(NC(=O)c3cccnc3)cc2o1. The molecule has 0 fully saturated rings. The average Bonchev–Trinajstić information content (AvgIpc) is 2.91. The maximum atomic E-state index is 12.1. The molecule has 0 aliphatic carbocycles. The van der Waals surface area contributed by atoms with E-state index in [1.54, 1.807) is 24.4 Å². The van der Waals surface area contributed by atoms with Gasteiger partial charge in [-0.3, -0.25) is 9.78 Å². The number of amides is 1. The van der Waals surface area contributed by atoms with E-state index in [2.05, 4.69) is 15.3 Å². The second-order valence-electron chi connectivity index (χ2n) is 5.09. The van der Waals surface area contributed by atoms with Gasteiger partial charge in [-0.1, -0.05) is 13.8 Å². The summed E-state index contributed by atoms with van der Waals surface area (Å²) in [5.41, 5.74) is 2.64. The smallest absolute Gasteiger partial charge is 0.257 e. The predicted molar refractivity (Wildman–Crippen MR) is 80.3 cm³/mol. The van der Waals surface area contributed by atoms with E-state index in [9.17, 15) is 4.79 Å². The highest BCUT2D eigenvalue weighted by Crippen LogP contribution is 2.24. The normalized spacial score (nSPS) is 11.0. The molecule has 5 heteroatoms. The molecule has 0 unspecified atom stereocenters. The van der Waals surface area contributed by atoms with Crippen LogP contribution in [0.2, 0.25) is 0 Å². The molecule has 3 aromatic rings. The molecule has 0 spiro atoms. The predicted octanol–water partition coefficient (Wildman–Crippen LogP) is 3.60. The fourth-order valence-electron chi connectivity index (χ4n) is 1.97. The maximum absolute atomic E-state index is 12.1. The van der Waals surface area contributed by atoms with Crippen molar-refractivity contribution in [3.05, 3.63) is 54.2 Å². The minimum absolute atomic E-state index is 0.203. The third-order valence-electron chi connectivity index (χ3n) is 3.08. The Morgan fingerprint density at radius 2 is 2.14 bits per heavy atom. The van der Waals surface area contributed by atoms with Crippen molar-refractivity contribution in [2.24, 2.45) is 0 Å². The molecule has 0 aliphatic rings. The van der Waals surface area contributed by atoms with Crippen LogP contribution < -0.4 is 5.32 Å². The number of oxazole rings is 1. The van der Waals surface area contributed by atoms with Crippen molar-refractivity contribution < 1.29 is 9.21 Å². The monoisotopic (exact) mass is 281 g/mol. The maximum Gasteiger partial charge on any atom is 0.257 e. The third kappa shape index (κ3) is 2.76. The number of anilines is 1. The summed E-state index contributed by atoms with van der Waals surface area (Å²) < 4.78 is 5.68. The van der Waals surface area contributed by atoms with E-state index in [1.807, 2.05) is 26.0 Å². The fourth-order valence-corrected chi connectivity index (χ4v) is 1.97. The number of fused-ring (bicyclic) bond motifs is 1. The summed E-state index contributed by atoms with van der Waals surface area (Å²) in [4.78, 5) is 20.4. The highest BCUT2D eigenvalue weighted by molar-refractivity contribution is 6.04. The summed E-state index contributed by atoms with van der Waals surface area (Å²) in [6.45, 7) is 4.05. The van der Waals surface area contributed by atoms with Gasteiger partial charge in [-0.2, -0.15) is 0 Å².